The van der Waals surface area contributed by atoms with Gasteiger partial charge >= 0.3 is 0 Å². The van der Waals surface area contributed by atoms with Gasteiger partial charge in [-0.05, 0) is 33.1 Å². The van der Waals surface area contributed by atoms with Crippen LogP contribution in [0.3, 0.4) is 0 Å². The smallest absolute Gasteiger partial charge is 0.242 e. The van der Waals surface area contributed by atoms with Gasteiger partial charge in [0.15, 0.2) is 0 Å². The molecule has 0 fully saturated rings. The van der Waals surface area contributed by atoms with Crippen LogP contribution in [0.25, 0.3) is 0 Å². The molecule has 4 heteroatoms. The van der Waals surface area contributed by atoms with Crippen molar-refractivity contribution in [2.45, 2.75) is 46.1 Å². The van der Waals surface area contributed by atoms with Crippen molar-refractivity contribution in [1.82, 2.24) is 10.6 Å². The van der Waals surface area contributed by atoms with Crippen LogP contribution in [0.2, 0.25) is 0 Å². The molecule has 0 aliphatic rings. The highest BCUT2D eigenvalue weighted by Gasteiger charge is 2.14. The number of hydrogen-bond donors (Lipinski definition) is 2. The molecule has 0 aromatic rings. The second-order valence-corrected chi connectivity index (χ2v) is 4.63. The molecule has 16 heavy (non-hydrogen) atoms. The first kappa shape index (κ1) is 15.1. The maximum atomic E-state index is 11.7. The zero-order chi connectivity index (χ0) is 12.6. The Morgan fingerprint density at radius 1 is 1.44 bits per heavy atom. The van der Waals surface area contributed by atoms with E-state index in [1.54, 1.807) is 6.92 Å². The number of carbonyl (C=O) groups is 1. The summed E-state index contributed by atoms with van der Waals surface area (Å²) in [6.07, 6.45) is 2.63. The van der Waals surface area contributed by atoms with Gasteiger partial charge in [-0.1, -0.05) is 24.7 Å². The quantitative estimate of drug-likeness (QED) is 0.408. The summed E-state index contributed by atoms with van der Waals surface area (Å²) in [6, 6.07) is -0.206. The third kappa shape index (κ3) is 7.40. The molecule has 0 heterocycles. The highest BCUT2D eigenvalue weighted by molar-refractivity contribution is 7.80. The molecule has 0 aromatic heterocycles. The van der Waals surface area contributed by atoms with E-state index in [0.717, 1.165) is 24.8 Å². The fraction of sp³-hybridized carbons (Fsp3) is 0.667. The Morgan fingerprint density at radius 2 is 2.06 bits per heavy atom. The molecule has 0 aliphatic carbocycles. The third-order valence-corrected chi connectivity index (χ3v) is 2.30. The lowest BCUT2D eigenvalue weighted by Gasteiger charge is -2.16. The molecule has 0 spiro atoms. The van der Waals surface area contributed by atoms with E-state index < -0.39 is 0 Å². The van der Waals surface area contributed by atoms with Crippen molar-refractivity contribution in [3.05, 3.63) is 12.2 Å². The maximum Gasteiger partial charge on any atom is 0.242 e. The summed E-state index contributed by atoms with van der Waals surface area (Å²) in [6.45, 7) is 10.3. The number of amides is 1. The van der Waals surface area contributed by atoms with Crippen LogP contribution in [0.5, 0.6) is 0 Å². The first-order chi connectivity index (χ1) is 7.47. The highest BCUT2D eigenvalue weighted by Crippen LogP contribution is 1.99. The monoisotopic (exact) mass is 242 g/mol. The van der Waals surface area contributed by atoms with Crippen LogP contribution in [0.15, 0.2) is 12.2 Å². The van der Waals surface area contributed by atoms with Crippen LogP contribution in [0.4, 0.5) is 0 Å². The van der Waals surface area contributed by atoms with Crippen molar-refractivity contribution in [2.75, 3.05) is 6.54 Å². The van der Waals surface area contributed by atoms with E-state index in [4.69, 9.17) is 12.2 Å². The van der Waals surface area contributed by atoms with Gasteiger partial charge in [-0.3, -0.25) is 4.79 Å². The minimum Gasteiger partial charge on any atom is -0.368 e. The molecule has 1 amide bonds. The van der Waals surface area contributed by atoms with E-state index in [2.05, 4.69) is 17.2 Å². The van der Waals surface area contributed by atoms with Gasteiger partial charge < -0.3 is 10.6 Å². The second-order valence-electron chi connectivity index (χ2n) is 4.01. The Labute approximate surface area is 104 Å². The van der Waals surface area contributed by atoms with Gasteiger partial charge in [0, 0.05) is 6.54 Å². The predicted octanol–water partition coefficient (Wildman–Crippen LogP) is 2.17. The summed E-state index contributed by atoms with van der Waals surface area (Å²) >= 11 is 4.92. The van der Waals surface area contributed by atoms with Crippen LogP contribution in [-0.4, -0.2) is 23.5 Å². The maximum absolute atomic E-state index is 11.7. The fourth-order valence-electron chi connectivity index (χ4n) is 1.32. The molecule has 0 saturated carbocycles. The van der Waals surface area contributed by atoms with Crippen molar-refractivity contribution in [3.63, 3.8) is 0 Å². The van der Waals surface area contributed by atoms with Crippen molar-refractivity contribution >= 4 is 23.1 Å². The largest absolute Gasteiger partial charge is 0.368 e. The van der Waals surface area contributed by atoms with Crippen molar-refractivity contribution in [2.24, 2.45) is 0 Å². The van der Waals surface area contributed by atoms with Gasteiger partial charge in [-0.25, -0.2) is 0 Å². The fourth-order valence-corrected chi connectivity index (χ4v) is 1.47. The summed E-state index contributed by atoms with van der Waals surface area (Å²) in [5.41, 5.74) is 1.15. The van der Waals surface area contributed by atoms with Gasteiger partial charge in [0.1, 0.15) is 6.04 Å². The van der Waals surface area contributed by atoms with Crippen LogP contribution >= 0.6 is 12.2 Å². The molecule has 0 saturated heterocycles. The highest BCUT2D eigenvalue weighted by atomic mass is 32.1. The minimum absolute atomic E-state index is 0.0217. The van der Waals surface area contributed by atoms with Gasteiger partial charge in [0.05, 0.1) is 4.99 Å². The second kappa shape index (κ2) is 8.28. The number of hydrogen-bond acceptors (Lipinski definition) is 2. The summed E-state index contributed by atoms with van der Waals surface area (Å²) < 4.78 is 0. The predicted molar refractivity (Wildman–Crippen MR) is 72.5 cm³/mol. The molecule has 2 N–H and O–H groups in total. The standard InChI is InChI=1S/C12H22N2OS/c1-5-11(14-10(4)16)12(15)13-8-6-7-9(2)3/h11H,2,5-8H2,1,3-4H3,(H,13,15)(H,14,16). The Hall–Kier alpha value is -0.900. The van der Waals surface area contributed by atoms with Crippen molar-refractivity contribution in [3.8, 4) is 0 Å². The Bertz CT molecular complexity index is 264. The Kier molecular flexibility index (Phi) is 7.81. The van der Waals surface area contributed by atoms with Crippen LogP contribution in [-0.2, 0) is 4.79 Å². The molecule has 1 atom stereocenters. The molecular formula is C12H22N2OS. The van der Waals surface area contributed by atoms with E-state index >= 15 is 0 Å². The molecule has 0 rings (SSSR count). The first-order valence-electron chi connectivity index (χ1n) is 5.66. The zero-order valence-electron chi connectivity index (χ0n) is 10.4. The van der Waals surface area contributed by atoms with Gasteiger partial charge in [0.2, 0.25) is 5.91 Å². The molecule has 3 nitrogen and oxygen atoms in total. The topological polar surface area (TPSA) is 41.1 Å². The van der Waals surface area contributed by atoms with Crippen molar-refractivity contribution < 1.29 is 4.79 Å². The van der Waals surface area contributed by atoms with Crippen LogP contribution < -0.4 is 10.6 Å². The van der Waals surface area contributed by atoms with Gasteiger partial charge in [-0.15, -0.1) is 6.58 Å². The first-order valence-corrected chi connectivity index (χ1v) is 6.07. The van der Waals surface area contributed by atoms with Gasteiger partial charge in [0.25, 0.3) is 0 Å². The molecule has 1 unspecified atom stereocenters. The van der Waals surface area contributed by atoms with Gasteiger partial charge in [-0.2, -0.15) is 0 Å². The van der Waals surface area contributed by atoms with Crippen molar-refractivity contribution in [1.29, 1.82) is 0 Å². The lowest BCUT2D eigenvalue weighted by atomic mass is 10.2. The molecule has 0 bridgehead atoms. The van der Waals surface area contributed by atoms with E-state index in [0.29, 0.717) is 11.5 Å². The summed E-state index contributed by atoms with van der Waals surface area (Å²) in [5.74, 6) is 0.0217. The van der Waals surface area contributed by atoms with Crippen LogP contribution in [0, 0.1) is 0 Å². The average Bonchev–Trinajstić information content (AvgIpc) is 2.20. The Balaban J connectivity index is 3.84. The molecular weight excluding hydrogens is 220 g/mol. The van der Waals surface area contributed by atoms with E-state index in [-0.39, 0.29) is 11.9 Å². The average molecular weight is 242 g/mol. The zero-order valence-corrected chi connectivity index (χ0v) is 11.2. The molecule has 0 aromatic carbocycles. The SMILES string of the molecule is C=C(C)CCCNC(=O)C(CC)NC(C)=S. The van der Waals surface area contributed by atoms with E-state index in [9.17, 15) is 4.79 Å². The number of carbonyl (C=O) groups excluding carboxylic acids is 1. The number of thiocarbonyl (C=S) groups is 1. The lowest BCUT2D eigenvalue weighted by Crippen LogP contribution is -2.45. The minimum atomic E-state index is -0.206. The summed E-state index contributed by atoms with van der Waals surface area (Å²) in [4.78, 5) is 12.4. The van der Waals surface area contributed by atoms with Crippen LogP contribution in [0.1, 0.15) is 40.0 Å². The third-order valence-electron chi connectivity index (χ3n) is 2.18. The summed E-state index contributed by atoms with van der Waals surface area (Å²) in [7, 11) is 0. The van der Waals surface area contributed by atoms with E-state index in [1.807, 2.05) is 13.8 Å². The normalized spacial score (nSPS) is 11.7. The number of nitrogens with one attached hydrogen (secondary N) is 2. The number of allylic oxidation sites excluding steroid dienone is 1. The summed E-state index contributed by atoms with van der Waals surface area (Å²) in [5, 5.41) is 5.87. The molecule has 0 radical (unpaired) electrons. The van der Waals surface area contributed by atoms with E-state index in [1.165, 1.54) is 0 Å². The molecule has 92 valence electrons. The Morgan fingerprint density at radius 3 is 2.50 bits per heavy atom. The lowest BCUT2D eigenvalue weighted by molar-refractivity contribution is -0.122. The molecule has 0 aliphatic heterocycles. The number of rotatable bonds is 7.